The maximum atomic E-state index is 3.71. The molecule has 0 saturated carbocycles. The number of hydrogen-bond donors (Lipinski definition) is 1. The molecule has 1 atom stereocenters. The van der Waals surface area contributed by atoms with Gasteiger partial charge in [-0.05, 0) is 81.5 Å². The predicted molar refractivity (Wildman–Crippen MR) is 143 cm³/mol. The highest BCUT2D eigenvalue weighted by molar-refractivity contribution is 5.95. The number of aryl methyl sites for hydroxylation is 3. The van der Waals surface area contributed by atoms with Crippen LogP contribution in [0.4, 0.5) is 17.1 Å². The number of benzene rings is 3. The first-order valence-electron chi connectivity index (χ1n) is 12.3. The molecule has 5 rings (SSSR count). The normalized spacial score (nSPS) is 14.1. The number of nitrogens with zero attached hydrogens (tertiary/aromatic N) is 1. The standard InChI is InChI=1S/C31H34N2/c1-5-6-23(4)24-11-17-30-28(19-24)29-20-27(16-18-31(29)32-30)33(25-12-7-21(2)8-13-25)26-14-9-22(3)10-15-26/h7-10,12-16,18-20,23,32H,5-6,11,17H2,1-4H3. The van der Waals surface area contributed by atoms with Crippen LogP contribution in [-0.4, -0.2) is 4.98 Å². The molecule has 0 spiro atoms. The van der Waals surface area contributed by atoms with Gasteiger partial charge in [-0.1, -0.05) is 67.3 Å². The van der Waals surface area contributed by atoms with E-state index in [4.69, 9.17) is 0 Å². The third kappa shape index (κ3) is 4.23. The molecule has 1 aliphatic carbocycles. The summed E-state index contributed by atoms with van der Waals surface area (Å²) in [6.07, 6.45) is 7.27. The van der Waals surface area contributed by atoms with Gasteiger partial charge in [0.15, 0.2) is 0 Å². The van der Waals surface area contributed by atoms with Crippen molar-refractivity contribution in [3.05, 3.63) is 94.7 Å². The van der Waals surface area contributed by atoms with Gasteiger partial charge < -0.3 is 9.88 Å². The Balaban J connectivity index is 1.63. The smallest absolute Gasteiger partial charge is 0.0469 e. The van der Waals surface area contributed by atoms with Crippen LogP contribution in [-0.2, 0) is 6.42 Å². The van der Waals surface area contributed by atoms with Gasteiger partial charge in [0, 0.05) is 39.2 Å². The molecular weight excluding hydrogens is 400 g/mol. The summed E-state index contributed by atoms with van der Waals surface area (Å²) in [5.41, 5.74) is 11.7. The molecule has 3 aromatic carbocycles. The second kappa shape index (κ2) is 8.94. The van der Waals surface area contributed by atoms with Gasteiger partial charge in [-0.25, -0.2) is 0 Å². The summed E-state index contributed by atoms with van der Waals surface area (Å²) in [5.74, 6) is 0.660. The Morgan fingerprint density at radius 3 is 2.03 bits per heavy atom. The van der Waals surface area contributed by atoms with E-state index in [1.54, 1.807) is 5.57 Å². The van der Waals surface area contributed by atoms with Gasteiger partial charge in [0.25, 0.3) is 0 Å². The van der Waals surface area contributed by atoms with Crippen molar-refractivity contribution in [3.8, 4) is 0 Å². The number of rotatable bonds is 6. The Morgan fingerprint density at radius 2 is 1.42 bits per heavy atom. The van der Waals surface area contributed by atoms with Crippen molar-refractivity contribution in [3.63, 3.8) is 0 Å². The first-order chi connectivity index (χ1) is 16.0. The predicted octanol–water partition coefficient (Wildman–Crippen LogP) is 9.02. The van der Waals surface area contributed by atoms with Crippen molar-refractivity contribution in [2.45, 2.75) is 53.4 Å². The molecule has 1 heterocycles. The zero-order valence-electron chi connectivity index (χ0n) is 20.3. The van der Waals surface area contributed by atoms with E-state index in [1.807, 2.05) is 0 Å². The molecule has 0 amide bonds. The number of nitrogens with one attached hydrogen (secondary N) is 1. The fraction of sp³-hybridized carbons (Fsp3) is 0.290. The van der Waals surface area contributed by atoms with E-state index in [0.717, 1.165) is 6.42 Å². The summed E-state index contributed by atoms with van der Waals surface area (Å²) in [4.78, 5) is 6.07. The number of aromatic nitrogens is 1. The third-order valence-electron chi connectivity index (χ3n) is 7.09. The minimum atomic E-state index is 0.660. The van der Waals surface area contributed by atoms with E-state index < -0.39 is 0 Å². The minimum absolute atomic E-state index is 0.660. The number of hydrogen-bond acceptors (Lipinski definition) is 1. The Kier molecular flexibility index (Phi) is 5.85. The lowest BCUT2D eigenvalue weighted by atomic mass is 9.86. The second-order valence-corrected chi connectivity index (χ2v) is 9.66. The highest BCUT2D eigenvalue weighted by Crippen LogP contribution is 2.39. The maximum Gasteiger partial charge on any atom is 0.0469 e. The molecule has 2 nitrogen and oxygen atoms in total. The quantitative estimate of drug-likeness (QED) is 0.321. The van der Waals surface area contributed by atoms with Gasteiger partial charge in [-0.3, -0.25) is 0 Å². The summed E-state index contributed by atoms with van der Waals surface area (Å²) in [6.45, 7) is 8.95. The summed E-state index contributed by atoms with van der Waals surface area (Å²) < 4.78 is 0. The van der Waals surface area contributed by atoms with Gasteiger partial charge in [-0.2, -0.15) is 0 Å². The molecule has 4 aromatic rings. The zero-order chi connectivity index (χ0) is 22.9. The van der Waals surface area contributed by atoms with Gasteiger partial charge in [0.1, 0.15) is 0 Å². The molecule has 0 aliphatic heterocycles. The number of anilines is 3. The SMILES string of the molecule is CCCC(C)C1=Cc2c([nH]c3ccc(N(c4ccc(C)cc4)c4ccc(C)cc4)cc23)CC1. The van der Waals surface area contributed by atoms with Crippen LogP contribution in [0.15, 0.2) is 72.3 Å². The van der Waals surface area contributed by atoms with Crippen molar-refractivity contribution in [1.29, 1.82) is 0 Å². The fourth-order valence-electron chi connectivity index (χ4n) is 5.13. The van der Waals surface area contributed by atoms with E-state index in [2.05, 4.69) is 110 Å². The van der Waals surface area contributed by atoms with Crippen molar-refractivity contribution in [2.75, 3.05) is 4.90 Å². The van der Waals surface area contributed by atoms with E-state index in [0.29, 0.717) is 5.92 Å². The van der Waals surface area contributed by atoms with E-state index in [1.165, 1.54) is 69.6 Å². The van der Waals surface area contributed by atoms with Gasteiger partial charge in [-0.15, -0.1) is 0 Å². The van der Waals surface area contributed by atoms with Gasteiger partial charge in [0.2, 0.25) is 0 Å². The van der Waals surface area contributed by atoms with Gasteiger partial charge in [0.05, 0.1) is 0 Å². The number of fused-ring (bicyclic) bond motifs is 3. The molecule has 0 radical (unpaired) electrons. The van der Waals surface area contributed by atoms with Crippen LogP contribution in [0.2, 0.25) is 0 Å². The molecular formula is C31H34N2. The van der Waals surface area contributed by atoms with Crippen LogP contribution in [0.25, 0.3) is 17.0 Å². The number of H-pyrrole nitrogens is 1. The first kappa shape index (κ1) is 21.6. The van der Waals surface area contributed by atoms with E-state index >= 15 is 0 Å². The summed E-state index contributed by atoms with van der Waals surface area (Å²) >= 11 is 0. The molecule has 2 heteroatoms. The molecule has 1 unspecified atom stereocenters. The van der Waals surface area contributed by atoms with Crippen molar-refractivity contribution in [1.82, 2.24) is 4.98 Å². The Morgan fingerprint density at radius 1 is 0.818 bits per heavy atom. The number of aromatic amines is 1. The van der Waals surface area contributed by atoms with Crippen molar-refractivity contribution in [2.24, 2.45) is 5.92 Å². The lowest BCUT2D eigenvalue weighted by Gasteiger charge is -2.26. The monoisotopic (exact) mass is 434 g/mol. The van der Waals surface area contributed by atoms with Crippen LogP contribution in [0.5, 0.6) is 0 Å². The summed E-state index contributed by atoms with van der Waals surface area (Å²) in [5, 5.41) is 1.33. The van der Waals surface area contributed by atoms with Crippen molar-refractivity contribution >= 4 is 34.0 Å². The van der Waals surface area contributed by atoms with E-state index in [9.17, 15) is 0 Å². The Labute approximate surface area is 198 Å². The molecule has 168 valence electrons. The highest BCUT2D eigenvalue weighted by Gasteiger charge is 2.20. The molecule has 0 fully saturated rings. The van der Waals surface area contributed by atoms with Crippen LogP contribution in [0.1, 0.15) is 55.5 Å². The topological polar surface area (TPSA) is 19.0 Å². The minimum Gasteiger partial charge on any atom is -0.358 e. The average molecular weight is 435 g/mol. The lowest BCUT2D eigenvalue weighted by Crippen LogP contribution is -2.10. The summed E-state index contributed by atoms with van der Waals surface area (Å²) in [7, 11) is 0. The first-order valence-corrected chi connectivity index (χ1v) is 12.3. The molecule has 1 aromatic heterocycles. The largest absolute Gasteiger partial charge is 0.358 e. The fourth-order valence-corrected chi connectivity index (χ4v) is 5.13. The third-order valence-corrected chi connectivity index (χ3v) is 7.09. The molecule has 1 aliphatic rings. The molecule has 1 N–H and O–H groups in total. The average Bonchev–Trinajstić information content (AvgIpc) is 3.19. The molecule has 0 saturated heterocycles. The van der Waals surface area contributed by atoms with Crippen molar-refractivity contribution < 1.29 is 0 Å². The van der Waals surface area contributed by atoms with Crippen LogP contribution < -0.4 is 4.90 Å². The van der Waals surface area contributed by atoms with E-state index in [-0.39, 0.29) is 0 Å². The second-order valence-electron chi connectivity index (χ2n) is 9.66. The Bertz CT molecular complexity index is 1240. The highest BCUT2D eigenvalue weighted by atomic mass is 15.1. The molecule has 0 bridgehead atoms. The maximum absolute atomic E-state index is 3.71. The van der Waals surface area contributed by atoms with Crippen LogP contribution >= 0.6 is 0 Å². The van der Waals surface area contributed by atoms with Gasteiger partial charge >= 0.3 is 0 Å². The van der Waals surface area contributed by atoms with Crippen LogP contribution in [0, 0.1) is 19.8 Å². The zero-order valence-corrected chi connectivity index (χ0v) is 20.3. The Hall–Kier alpha value is -3.26. The van der Waals surface area contributed by atoms with Crippen LogP contribution in [0.3, 0.4) is 0 Å². The summed E-state index contributed by atoms with van der Waals surface area (Å²) in [6, 6.07) is 24.5. The number of allylic oxidation sites excluding steroid dienone is 1. The molecule has 33 heavy (non-hydrogen) atoms. The lowest BCUT2D eigenvalue weighted by molar-refractivity contribution is 0.578.